The molecule has 1 aromatic carbocycles. The van der Waals surface area contributed by atoms with E-state index in [2.05, 4.69) is 25.9 Å². The molecule has 0 aliphatic carbocycles. The van der Waals surface area contributed by atoms with Gasteiger partial charge in [0, 0.05) is 43.6 Å². The van der Waals surface area contributed by atoms with Gasteiger partial charge in [-0.05, 0) is 37.1 Å². The minimum Gasteiger partial charge on any atom is -0.357 e. The van der Waals surface area contributed by atoms with E-state index in [9.17, 15) is 4.79 Å². The molecule has 0 radical (unpaired) electrons. The summed E-state index contributed by atoms with van der Waals surface area (Å²) in [6.45, 7) is 4.46. The Bertz CT molecular complexity index is 727. The number of nitrogens with zero attached hydrogens (tertiary/aromatic N) is 2. The van der Waals surface area contributed by atoms with Crippen molar-refractivity contribution in [2.45, 2.75) is 13.3 Å². The summed E-state index contributed by atoms with van der Waals surface area (Å²) in [7, 11) is 0. The summed E-state index contributed by atoms with van der Waals surface area (Å²) >= 11 is 6.16. The molecule has 0 bridgehead atoms. The fourth-order valence-corrected chi connectivity index (χ4v) is 2.52. The Balaban J connectivity index is 0.00000364. The van der Waals surface area contributed by atoms with Crippen molar-refractivity contribution in [1.29, 1.82) is 0 Å². The van der Waals surface area contributed by atoms with E-state index < -0.39 is 0 Å². The Morgan fingerprint density at radius 2 is 1.89 bits per heavy atom. The van der Waals surface area contributed by atoms with Crippen molar-refractivity contribution >= 4 is 47.4 Å². The summed E-state index contributed by atoms with van der Waals surface area (Å²) in [5.74, 6) is 0.579. The van der Waals surface area contributed by atoms with Crippen molar-refractivity contribution in [3.05, 3.63) is 64.9 Å². The third-order valence-electron chi connectivity index (χ3n) is 3.58. The number of hydrogen-bond donors (Lipinski definition) is 3. The fourth-order valence-electron chi connectivity index (χ4n) is 2.29. The van der Waals surface area contributed by atoms with Gasteiger partial charge < -0.3 is 16.0 Å². The number of aliphatic imine (C=N–C) groups is 1. The molecule has 146 valence electrons. The van der Waals surface area contributed by atoms with Gasteiger partial charge in [0.05, 0.1) is 5.56 Å². The smallest absolute Gasteiger partial charge is 0.252 e. The van der Waals surface area contributed by atoms with Gasteiger partial charge in [-0.1, -0.05) is 29.8 Å². The Hall–Kier alpha value is -1.87. The molecule has 27 heavy (non-hydrogen) atoms. The lowest BCUT2D eigenvalue weighted by Crippen LogP contribution is -2.41. The lowest BCUT2D eigenvalue weighted by molar-refractivity contribution is 0.0954. The number of nitrogens with one attached hydrogen (secondary N) is 3. The second-order valence-corrected chi connectivity index (χ2v) is 5.93. The van der Waals surface area contributed by atoms with Crippen molar-refractivity contribution in [3.63, 3.8) is 0 Å². The van der Waals surface area contributed by atoms with Crippen LogP contribution in [0.15, 0.2) is 53.8 Å². The lowest BCUT2D eigenvalue weighted by Gasteiger charge is -2.12. The van der Waals surface area contributed by atoms with Gasteiger partial charge in [-0.3, -0.25) is 14.8 Å². The third-order valence-corrected chi connectivity index (χ3v) is 3.95. The zero-order valence-electron chi connectivity index (χ0n) is 15.2. The number of guanidine groups is 1. The topological polar surface area (TPSA) is 78.4 Å². The molecule has 0 unspecified atom stereocenters. The van der Waals surface area contributed by atoms with Crippen LogP contribution in [0, 0.1) is 0 Å². The van der Waals surface area contributed by atoms with Crippen LogP contribution in [0.5, 0.6) is 0 Å². The van der Waals surface area contributed by atoms with Crippen LogP contribution in [-0.4, -0.2) is 43.0 Å². The van der Waals surface area contributed by atoms with Crippen LogP contribution in [0.2, 0.25) is 5.02 Å². The highest BCUT2D eigenvalue weighted by Gasteiger charge is 2.04. The highest BCUT2D eigenvalue weighted by Crippen LogP contribution is 2.15. The summed E-state index contributed by atoms with van der Waals surface area (Å²) in [6.07, 6.45) is 3.96. The van der Waals surface area contributed by atoms with Crippen LogP contribution in [0.4, 0.5) is 0 Å². The molecule has 0 atom stereocenters. The summed E-state index contributed by atoms with van der Waals surface area (Å²) in [5.41, 5.74) is 1.63. The van der Waals surface area contributed by atoms with Gasteiger partial charge in [-0.15, -0.1) is 24.0 Å². The van der Waals surface area contributed by atoms with Gasteiger partial charge in [-0.25, -0.2) is 0 Å². The SMILES string of the molecule is CCNC(=NCCc1ccccc1Cl)NCCNC(=O)c1cccnc1.I. The molecule has 0 spiro atoms. The molecule has 1 amide bonds. The average molecular weight is 502 g/mol. The number of benzene rings is 1. The van der Waals surface area contributed by atoms with Gasteiger partial charge in [-0.2, -0.15) is 0 Å². The van der Waals surface area contributed by atoms with Gasteiger partial charge in [0.25, 0.3) is 5.91 Å². The molecule has 1 heterocycles. The van der Waals surface area contributed by atoms with Crippen molar-refractivity contribution in [3.8, 4) is 0 Å². The zero-order chi connectivity index (χ0) is 18.6. The molecule has 0 fully saturated rings. The largest absolute Gasteiger partial charge is 0.357 e. The predicted octanol–water partition coefficient (Wildman–Crippen LogP) is 2.88. The molecule has 2 aromatic rings. The Morgan fingerprint density at radius 1 is 1.11 bits per heavy atom. The van der Waals surface area contributed by atoms with Gasteiger partial charge in [0.2, 0.25) is 0 Å². The minimum atomic E-state index is -0.138. The number of halogens is 2. The molecule has 0 saturated heterocycles. The van der Waals surface area contributed by atoms with E-state index in [-0.39, 0.29) is 29.9 Å². The molecule has 0 aliphatic rings. The summed E-state index contributed by atoms with van der Waals surface area (Å²) in [4.78, 5) is 20.4. The number of amides is 1. The number of carbonyl (C=O) groups excluding carboxylic acids is 1. The molecule has 0 saturated carbocycles. The van der Waals surface area contributed by atoms with E-state index in [0.717, 1.165) is 29.5 Å². The first-order valence-electron chi connectivity index (χ1n) is 8.64. The van der Waals surface area contributed by atoms with Crippen LogP contribution in [0.1, 0.15) is 22.8 Å². The molecule has 1 aromatic heterocycles. The molecule has 0 aliphatic heterocycles. The van der Waals surface area contributed by atoms with Crippen LogP contribution >= 0.6 is 35.6 Å². The second-order valence-electron chi connectivity index (χ2n) is 5.53. The number of hydrogen-bond acceptors (Lipinski definition) is 3. The molecule has 3 N–H and O–H groups in total. The Labute approximate surface area is 182 Å². The maximum atomic E-state index is 11.9. The van der Waals surface area contributed by atoms with Crippen LogP contribution < -0.4 is 16.0 Å². The normalized spacial score (nSPS) is 10.7. The number of rotatable bonds is 8. The van der Waals surface area contributed by atoms with Crippen molar-refractivity contribution < 1.29 is 4.79 Å². The van der Waals surface area contributed by atoms with Gasteiger partial charge in [0.15, 0.2) is 5.96 Å². The standard InChI is InChI=1S/C19H24ClN5O.HI/c1-2-22-19(24-11-9-15-6-3-4-8-17(15)20)25-13-12-23-18(26)16-7-5-10-21-14-16;/h3-8,10,14H,2,9,11-13H2,1H3,(H,23,26)(H2,22,24,25);1H. The Morgan fingerprint density at radius 3 is 2.59 bits per heavy atom. The summed E-state index contributed by atoms with van der Waals surface area (Å²) < 4.78 is 0. The summed E-state index contributed by atoms with van der Waals surface area (Å²) in [6, 6.07) is 11.2. The van der Waals surface area contributed by atoms with Crippen LogP contribution in [0.25, 0.3) is 0 Å². The van der Waals surface area contributed by atoms with Crippen molar-refractivity contribution in [2.24, 2.45) is 4.99 Å². The number of carbonyl (C=O) groups is 1. The monoisotopic (exact) mass is 501 g/mol. The van der Waals surface area contributed by atoms with Gasteiger partial charge >= 0.3 is 0 Å². The number of pyridine rings is 1. The molecular formula is C19H25ClIN5O. The lowest BCUT2D eigenvalue weighted by atomic mass is 10.1. The maximum absolute atomic E-state index is 11.9. The maximum Gasteiger partial charge on any atom is 0.252 e. The second kappa shape index (κ2) is 13.3. The van der Waals surface area contributed by atoms with E-state index in [1.54, 1.807) is 24.5 Å². The van der Waals surface area contributed by atoms with Crippen LogP contribution in [-0.2, 0) is 6.42 Å². The third kappa shape index (κ3) is 8.57. The fraction of sp³-hybridized carbons (Fsp3) is 0.316. The van der Waals surface area contributed by atoms with E-state index in [1.807, 2.05) is 31.2 Å². The molecule has 8 heteroatoms. The first-order chi connectivity index (χ1) is 12.7. The highest BCUT2D eigenvalue weighted by atomic mass is 127. The van der Waals surface area contributed by atoms with E-state index in [0.29, 0.717) is 25.2 Å². The minimum absolute atomic E-state index is 0. The molecular weight excluding hydrogens is 477 g/mol. The van der Waals surface area contributed by atoms with E-state index >= 15 is 0 Å². The average Bonchev–Trinajstić information content (AvgIpc) is 2.67. The number of aromatic nitrogens is 1. The van der Waals surface area contributed by atoms with Crippen LogP contribution in [0.3, 0.4) is 0 Å². The first-order valence-corrected chi connectivity index (χ1v) is 9.02. The zero-order valence-corrected chi connectivity index (χ0v) is 18.3. The Kier molecular flexibility index (Phi) is 11.4. The quantitative estimate of drug-likeness (QED) is 0.225. The molecule has 2 rings (SSSR count). The van der Waals surface area contributed by atoms with E-state index in [1.165, 1.54) is 0 Å². The van der Waals surface area contributed by atoms with Crippen molar-refractivity contribution in [1.82, 2.24) is 20.9 Å². The first kappa shape index (κ1) is 23.2. The van der Waals surface area contributed by atoms with Crippen molar-refractivity contribution in [2.75, 3.05) is 26.2 Å². The molecule has 6 nitrogen and oxygen atoms in total. The summed E-state index contributed by atoms with van der Waals surface area (Å²) in [5, 5.41) is 10.00. The highest BCUT2D eigenvalue weighted by molar-refractivity contribution is 14.0. The predicted molar refractivity (Wildman–Crippen MR) is 121 cm³/mol. The van der Waals surface area contributed by atoms with Gasteiger partial charge in [0.1, 0.15) is 0 Å². The van der Waals surface area contributed by atoms with E-state index in [4.69, 9.17) is 11.6 Å².